The van der Waals surface area contributed by atoms with E-state index in [9.17, 15) is 14.4 Å². The molecular weight excluding hydrogens is 697 g/mol. The second-order valence-corrected chi connectivity index (χ2v) is 13.2. The summed E-state index contributed by atoms with van der Waals surface area (Å²) < 4.78 is 8.07. The number of fused-ring (bicyclic) bond motifs is 1. The van der Waals surface area contributed by atoms with Crippen molar-refractivity contribution in [3.63, 3.8) is 0 Å². The molecule has 0 unspecified atom stereocenters. The van der Waals surface area contributed by atoms with Crippen molar-refractivity contribution < 1.29 is 19.1 Å². The minimum Gasteiger partial charge on any atom is -0.488 e. The molecule has 0 radical (unpaired) electrons. The van der Waals surface area contributed by atoms with Gasteiger partial charge < -0.3 is 25.6 Å². The highest BCUT2D eigenvalue weighted by Gasteiger charge is 2.21. The number of unbranched alkanes of at least 4 members (excludes halogenated alkanes) is 1. The van der Waals surface area contributed by atoms with E-state index in [0.29, 0.717) is 48.5 Å². The monoisotopic (exact) mass is 738 g/mol. The first-order valence-electron chi connectivity index (χ1n) is 18.3. The third kappa shape index (κ3) is 9.04. The molecule has 0 aliphatic carbocycles. The van der Waals surface area contributed by atoms with E-state index in [1.165, 1.54) is 12.4 Å². The molecular formula is C41H42N10O4. The van der Waals surface area contributed by atoms with Crippen molar-refractivity contribution >= 4 is 51.8 Å². The highest BCUT2D eigenvalue weighted by Crippen LogP contribution is 2.32. The highest BCUT2D eigenvalue weighted by molar-refractivity contribution is 6.07. The molecule has 14 nitrogen and oxygen atoms in total. The van der Waals surface area contributed by atoms with Gasteiger partial charge in [-0.25, -0.2) is 24.4 Å². The molecule has 4 amide bonds. The average Bonchev–Trinajstić information content (AvgIpc) is 3.46. The first-order chi connectivity index (χ1) is 26.8. The molecule has 3 aromatic carbocycles. The molecule has 1 saturated heterocycles. The molecule has 1 fully saturated rings. The molecule has 55 heavy (non-hydrogen) atoms. The number of hydrogen-bond acceptors (Lipinski definition) is 9. The summed E-state index contributed by atoms with van der Waals surface area (Å²) >= 11 is 0. The lowest BCUT2D eigenvalue weighted by Gasteiger charge is -2.18. The van der Waals surface area contributed by atoms with Gasteiger partial charge in [-0.1, -0.05) is 55.3 Å². The molecule has 14 heteroatoms. The summed E-state index contributed by atoms with van der Waals surface area (Å²) in [5, 5.41) is 18.4. The SMILES string of the molecule is CCCCc1cc(NC(=O)Nc2ccc(OCc3ccnc(Nc4cnc(C(=O)N5CCNC(=O)CC5)cn4)c3)c3ccccc23)n(-c2ccc(C)cc2)n1. The van der Waals surface area contributed by atoms with Gasteiger partial charge in [0.25, 0.3) is 5.91 Å². The normalized spacial score (nSPS) is 12.8. The van der Waals surface area contributed by atoms with Crippen molar-refractivity contribution in [3.05, 3.63) is 120 Å². The Hall–Kier alpha value is -6.83. The Labute approximate surface area is 318 Å². The van der Waals surface area contributed by atoms with E-state index in [4.69, 9.17) is 9.84 Å². The molecule has 1 aliphatic rings. The zero-order chi connectivity index (χ0) is 38.1. The van der Waals surface area contributed by atoms with E-state index < -0.39 is 0 Å². The Bertz CT molecular complexity index is 2310. The van der Waals surface area contributed by atoms with E-state index in [1.54, 1.807) is 15.8 Å². The molecule has 3 aromatic heterocycles. The Balaban J connectivity index is 0.998. The van der Waals surface area contributed by atoms with Gasteiger partial charge in [-0.05, 0) is 61.7 Å². The number of urea groups is 1. The summed E-state index contributed by atoms with van der Waals surface area (Å²) in [5.41, 5.74) is 4.62. The van der Waals surface area contributed by atoms with Crippen molar-refractivity contribution in [1.29, 1.82) is 0 Å². The summed E-state index contributed by atoms with van der Waals surface area (Å²) in [4.78, 5) is 52.6. The van der Waals surface area contributed by atoms with Gasteiger partial charge in [-0.15, -0.1) is 0 Å². The van der Waals surface area contributed by atoms with Gasteiger partial charge in [-0.3, -0.25) is 14.9 Å². The zero-order valence-electron chi connectivity index (χ0n) is 30.7. The molecule has 280 valence electrons. The van der Waals surface area contributed by atoms with Crippen LogP contribution >= 0.6 is 0 Å². The average molecular weight is 739 g/mol. The van der Waals surface area contributed by atoms with Crippen molar-refractivity contribution in [2.24, 2.45) is 0 Å². The predicted molar refractivity (Wildman–Crippen MR) is 211 cm³/mol. The van der Waals surface area contributed by atoms with E-state index in [1.807, 2.05) is 85.8 Å². The number of rotatable bonds is 12. The summed E-state index contributed by atoms with van der Waals surface area (Å²) in [6, 6.07) is 24.7. The minimum atomic E-state index is -0.385. The number of amides is 4. The third-order valence-electron chi connectivity index (χ3n) is 9.14. The van der Waals surface area contributed by atoms with Crippen molar-refractivity contribution in [1.82, 2.24) is 34.9 Å². The number of ether oxygens (including phenoxy) is 1. The second kappa shape index (κ2) is 16.9. The summed E-state index contributed by atoms with van der Waals surface area (Å²) in [6.45, 7) is 5.59. The fraction of sp³-hybridized carbons (Fsp3) is 0.244. The molecule has 7 rings (SSSR count). The standard InChI is InChI=1S/C41H42N10O4/c1-3-4-7-29-23-38(51(49-29)30-12-10-27(2)11-13-30)48-41(54)46-33-14-15-35(32-9-6-5-8-31(32)33)55-26-28-16-18-42-36(22-28)47-37-25-44-34(24-45-37)40(53)50-20-17-39(52)43-19-21-50/h5-6,8-16,18,22-25H,3-4,7,17,19-21,26H2,1-2H3,(H,43,52)(H,42,45,47)(H2,46,48,54). The summed E-state index contributed by atoms with van der Waals surface area (Å²) in [6.07, 6.45) is 7.70. The van der Waals surface area contributed by atoms with Crippen LogP contribution < -0.4 is 26.0 Å². The van der Waals surface area contributed by atoms with Crippen LogP contribution in [0.4, 0.5) is 27.9 Å². The third-order valence-corrected chi connectivity index (χ3v) is 9.14. The maximum atomic E-state index is 13.4. The molecule has 0 spiro atoms. The molecule has 1 aliphatic heterocycles. The fourth-order valence-corrected chi connectivity index (χ4v) is 6.22. The smallest absolute Gasteiger partial charge is 0.324 e. The number of carbonyl (C=O) groups is 3. The summed E-state index contributed by atoms with van der Waals surface area (Å²) in [5.74, 6) is 1.85. The highest BCUT2D eigenvalue weighted by atomic mass is 16.5. The topological polar surface area (TPSA) is 168 Å². The van der Waals surface area contributed by atoms with Crippen molar-refractivity contribution in [2.45, 2.75) is 46.1 Å². The molecule has 0 atom stereocenters. The van der Waals surface area contributed by atoms with Crippen LogP contribution in [0.5, 0.6) is 5.75 Å². The van der Waals surface area contributed by atoms with E-state index >= 15 is 0 Å². The van der Waals surface area contributed by atoms with Gasteiger partial charge in [0.1, 0.15) is 35.5 Å². The van der Waals surface area contributed by atoms with Gasteiger partial charge in [0, 0.05) is 49.1 Å². The van der Waals surface area contributed by atoms with E-state index in [-0.39, 0.29) is 36.6 Å². The van der Waals surface area contributed by atoms with Crippen LogP contribution in [0.3, 0.4) is 0 Å². The van der Waals surface area contributed by atoms with Crippen LogP contribution in [0.15, 0.2) is 97.5 Å². The van der Waals surface area contributed by atoms with Gasteiger partial charge >= 0.3 is 6.03 Å². The number of carbonyl (C=O) groups excluding carboxylic acids is 3. The lowest BCUT2D eigenvalue weighted by Crippen LogP contribution is -2.34. The van der Waals surface area contributed by atoms with E-state index in [2.05, 4.69) is 43.1 Å². The predicted octanol–water partition coefficient (Wildman–Crippen LogP) is 6.79. The molecule has 0 saturated carbocycles. The van der Waals surface area contributed by atoms with Crippen LogP contribution in [0.2, 0.25) is 0 Å². The molecule has 0 bridgehead atoms. The number of pyridine rings is 1. The molecule has 6 aromatic rings. The Morgan fingerprint density at radius 2 is 1.73 bits per heavy atom. The number of hydrogen-bond donors (Lipinski definition) is 4. The van der Waals surface area contributed by atoms with E-state index in [0.717, 1.165) is 52.5 Å². The number of aryl methyl sites for hydroxylation is 2. The fourth-order valence-electron chi connectivity index (χ4n) is 6.22. The van der Waals surface area contributed by atoms with Crippen molar-refractivity contribution in [3.8, 4) is 11.4 Å². The van der Waals surface area contributed by atoms with Gasteiger partial charge in [0.05, 0.1) is 29.5 Å². The largest absolute Gasteiger partial charge is 0.488 e. The molecule has 4 N–H and O–H groups in total. The van der Waals surface area contributed by atoms with Gasteiger partial charge in [0.15, 0.2) is 0 Å². The van der Waals surface area contributed by atoms with Crippen LogP contribution in [0.25, 0.3) is 16.5 Å². The maximum absolute atomic E-state index is 13.4. The van der Waals surface area contributed by atoms with Crippen LogP contribution in [-0.4, -0.2) is 67.1 Å². The summed E-state index contributed by atoms with van der Waals surface area (Å²) in [7, 11) is 0. The first kappa shape index (κ1) is 36.5. The number of nitrogens with zero attached hydrogens (tertiary/aromatic N) is 6. The maximum Gasteiger partial charge on any atom is 0.324 e. The number of benzene rings is 3. The Morgan fingerprint density at radius 3 is 2.53 bits per heavy atom. The second-order valence-electron chi connectivity index (χ2n) is 13.2. The lowest BCUT2D eigenvalue weighted by molar-refractivity contribution is -0.120. The number of aromatic nitrogens is 5. The van der Waals surface area contributed by atoms with Crippen molar-refractivity contribution in [2.75, 3.05) is 35.6 Å². The van der Waals surface area contributed by atoms with Crippen LogP contribution in [-0.2, 0) is 17.8 Å². The first-order valence-corrected chi connectivity index (χ1v) is 18.3. The molecule has 4 heterocycles. The zero-order valence-corrected chi connectivity index (χ0v) is 30.7. The van der Waals surface area contributed by atoms with Gasteiger partial charge in [0.2, 0.25) is 5.91 Å². The van der Waals surface area contributed by atoms with Crippen LogP contribution in [0.1, 0.15) is 53.5 Å². The Morgan fingerprint density at radius 1 is 0.891 bits per heavy atom. The number of anilines is 4. The minimum absolute atomic E-state index is 0.0718. The number of nitrogens with one attached hydrogen (secondary N) is 4. The Kier molecular flexibility index (Phi) is 11.2. The van der Waals surface area contributed by atoms with Gasteiger partial charge in [-0.2, -0.15) is 5.10 Å². The quantitative estimate of drug-likeness (QED) is 0.106. The lowest BCUT2D eigenvalue weighted by atomic mass is 10.1. The van der Waals surface area contributed by atoms with Crippen LogP contribution in [0, 0.1) is 6.92 Å².